The topological polar surface area (TPSA) is 59.1 Å². The van der Waals surface area contributed by atoms with E-state index in [-0.39, 0.29) is 5.75 Å². The molecule has 7 heteroatoms. The van der Waals surface area contributed by atoms with E-state index in [1.165, 1.54) is 0 Å². The molecule has 0 saturated carbocycles. The third-order valence-electron chi connectivity index (χ3n) is 3.32. The summed E-state index contributed by atoms with van der Waals surface area (Å²) in [5.41, 5.74) is 2.49. The van der Waals surface area contributed by atoms with Crippen LogP contribution in [-0.4, -0.2) is 25.4 Å². The van der Waals surface area contributed by atoms with Gasteiger partial charge in [0.1, 0.15) is 0 Å². The summed E-state index contributed by atoms with van der Waals surface area (Å²) in [4.78, 5) is 4.45. The molecule has 0 fully saturated rings. The smallest absolute Gasteiger partial charge is 0.233 e. The van der Waals surface area contributed by atoms with Gasteiger partial charge in [-0.1, -0.05) is 42.1 Å². The summed E-state index contributed by atoms with van der Waals surface area (Å²) in [6, 6.07) is 15.1. The summed E-state index contributed by atoms with van der Waals surface area (Å²) in [5, 5.41) is 0. The number of aryl methyl sites for hydroxylation is 1. The van der Waals surface area contributed by atoms with Crippen LogP contribution in [0, 0.1) is 0 Å². The SMILES string of the molecule is CSc1nc2ccc(NS(=O)(=O)CCc3ccccc3)cc2s1. The van der Waals surface area contributed by atoms with Gasteiger partial charge in [-0.2, -0.15) is 0 Å². The lowest BCUT2D eigenvalue weighted by atomic mass is 10.2. The molecule has 1 heterocycles. The van der Waals surface area contributed by atoms with E-state index in [1.807, 2.05) is 48.7 Å². The molecule has 0 bridgehead atoms. The molecule has 0 amide bonds. The average molecular weight is 365 g/mol. The molecular weight excluding hydrogens is 348 g/mol. The van der Waals surface area contributed by atoms with Crippen LogP contribution in [0.5, 0.6) is 0 Å². The number of nitrogens with zero attached hydrogens (tertiary/aromatic N) is 1. The molecule has 0 unspecified atom stereocenters. The van der Waals surface area contributed by atoms with Crippen LogP contribution in [0.3, 0.4) is 0 Å². The monoisotopic (exact) mass is 364 g/mol. The van der Waals surface area contributed by atoms with Gasteiger partial charge in [0, 0.05) is 0 Å². The molecule has 0 aliphatic rings. The fourth-order valence-electron chi connectivity index (χ4n) is 2.18. The predicted octanol–water partition coefficient (Wildman–Crippen LogP) is 4.00. The van der Waals surface area contributed by atoms with E-state index >= 15 is 0 Å². The van der Waals surface area contributed by atoms with E-state index in [9.17, 15) is 8.42 Å². The third kappa shape index (κ3) is 4.25. The highest BCUT2D eigenvalue weighted by atomic mass is 32.2. The molecule has 4 nitrogen and oxygen atoms in total. The maximum absolute atomic E-state index is 12.2. The quantitative estimate of drug-likeness (QED) is 0.672. The van der Waals surface area contributed by atoms with Gasteiger partial charge in [0.25, 0.3) is 0 Å². The molecule has 0 aliphatic carbocycles. The van der Waals surface area contributed by atoms with Crippen LogP contribution in [0.4, 0.5) is 5.69 Å². The fourth-order valence-corrected chi connectivity index (χ4v) is 4.80. The van der Waals surface area contributed by atoms with Gasteiger partial charge < -0.3 is 0 Å². The molecule has 1 aromatic heterocycles. The zero-order valence-corrected chi connectivity index (χ0v) is 15.0. The highest BCUT2D eigenvalue weighted by molar-refractivity contribution is 8.00. The standard InChI is InChI=1S/C16H16N2O2S3/c1-21-16-17-14-8-7-13(11-15(14)22-16)18-23(19,20)10-9-12-5-3-2-4-6-12/h2-8,11,18H,9-10H2,1H3. The van der Waals surface area contributed by atoms with E-state index < -0.39 is 10.0 Å². The Labute approximate surface area is 144 Å². The number of nitrogens with one attached hydrogen (secondary N) is 1. The first-order valence-corrected chi connectivity index (χ1v) is 10.7. The number of rotatable bonds is 6. The summed E-state index contributed by atoms with van der Waals surface area (Å²) in [6.07, 6.45) is 2.47. The van der Waals surface area contributed by atoms with Crippen molar-refractivity contribution in [2.75, 3.05) is 16.7 Å². The minimum Gasteiger partial charge on any atom is -0.283 e. The molecule has 3 aromatic rings. The molecule has 0 saturated heterocycles. The van der Waals surface area contributed by atoms with Gasteiger partial charge in [-0.15, -0.1) is 11.3 Å². The average Bonchev–Trinajstić information content (AvgIpc) is 2.96. The van der Waals surface area contributed by atoms with Crippen molar-refractivity contribution < 1.29 is 8.42 Å². The second-order valence-electron chi connectivity index (χ2n) is 5.02. The van der Waals surface area contributed by atoms with Crippen LogP contribution < -0.4 is 4.72 Å². The normalized spacial score (nSPS) is 11.7. The first kappa shape index (κ1) is 16.3. The maximum Gasteiger partial charge on any atom is 0.233 e. The Morgan fingerprint density at radius 2 is 1.96 bits per heavy atom. The van der Waals surface area contributed by atoms with Crippen molar-refractivity contribution in [2.45, 2.75) is 10.8 Å². The number of thiazole rings is 1. The van der Waals surface area contributed by atoms with Gasteiger partial charge in [-0.05, 0) is 36.4 Å². The van der Waals surface area contributed by atoms with Gasteiger partial charge in [0.15, 0.2) is 4.34 Å². The Morgan fingerprint density at radius 1 is 1.17 bits per heavy atom. The van der Waals surface area contributed by atoms with Crippen molar-refractivity contribution >= 4 is 49.0 Å². The molecule has 1 N–H and O–H groups in total. The molecule has 23 heavy (non-hydrogen) atoms. The van der Waals surface area contributed by atoms with E-state index in [0.717, 1.165) is 20.1 Å². The molecule has 0 radical (unpaired) electrons. The lowest BCUT2D eigenvalue weighted by molar-refractivity contribution is 0.600. The number of sulfonamides is 1. The van der Waals surface area contributed by atoms with Crippen LogP contribution >= 0.6 is 23.1 Å². The summed E-state index contributed by atoms with van der Waals surface area (Å²) in [6.45, 7) is 0. The minimum atomic E-state index is -3.37. The van der Waals surface area contributed by atoms with Gasteiger partial charge in [0.2, 0.25) is 10.0 Å². The van der Waals surface area contributed by atoms with Gasteiger partial charge >= 0.3 is 0 Å². The van der Waals surface area contributed by atoms with Crippen LogP contribution in [-0.2, 0) is 16.4 Å². The molecule has 3 rings (SSSR count). The van der Waals surface area contributed by atoms with Crippen molar-refractivity contribution in [1.29, 1.82) is 0 Å². The number of hydrogen-bond acceptors (Lipinski definition) is 5. The van der Waals surface area contributed by atoms with Crippen molar-refractivity contribution in [3.8, 4) is 0 Å². The Morgan fingerprint density at radius 3 is 2.70 bits per heavy atom. The Balaban J connectivity index is 1.72. The molecule has 0 atom stereocenters. The molecule has 120 valence electrons. The van der Waals surface area contributed by atoms with Gasteiger partial charge in [-0.3, -0.25) is 4.72 Å². The molecular formula is C16H16N2O2S3. The van der Waals surface area contributed by atoms with Crippen molar-refractivity contribution in [1.82, 2.24) is 4.98 Å². The predicted molar refractivity (Wildman–Crippen MR) is 99.0 cm³/mol. The van der Waals surface area contributed by atoms with Crippen molar-refractivity contribution in [2.24, 2.45) is 0 Å². The first-order chi connectivity index (χ1) is 11.1. The van der Waals surface area contributed by atoms with Gasteiger partial charge in [0.05, 0.1) is 21.7 Å². The number of hydrogen-bond donors (Lipinski definition) is 1. The zero-order valence-electron chi connectivity index (χ0n) is 12.5. The van der Waals surface area contributed by atoms with Crippen LogP contribution in [0.15, 0.2) is 52.9 Å². The summed E-state index contributed by atoms with van der Waals surface area (Å²) in [5.74, 6) is 0.0633. The van der Waals surface area contributed by atoms with Crippen LogP contribution in [0.2, 0.25) is 0 Å². The lowest BCUT2D eigenvalue weighted by Gasteiger charge is -2.08. The van der Waals surface area contributed by atoms with Crippen LogP contribution in [0.25, 0.3) is 10.2 Å². The van der Waals surface area contributed by atoms with Crippen molar-refractivity contribution in [3.63, 3.8) is 0 Å². The van der Waals surface area contributed by atoms with E-state index in [2.05, 4.69) is 9.71 Å². The van der Waals surface area contributed by atoms with E-state index in [4.69, 9.17) is 0 Å². The third-order valence-corrected chi connectivity index (χ3v) is 6.61. The molecule has 2 aromatic carbocycles. The summed E-state index contributed by atoms with van der Waals surface area (Å²) >= 11 is 3.15. The Hall–Kier alpha value is -1.57. The van der Waals surface area contributed by atoms with Crippen molar-refractivity contribution in [3.05, 3.63) is 54.1 Å². The highest BCUT2D eigenvalue weighted by Gasteiger charge is 2.12. The van der Waals surface area contributed by atoms with Crippen LogP contribution in [0.1, 0.15) is 5.56 Å². The largest absolute Gasteiger partial charge is 0.283 e. The molecule has 0 aliphatic heterocycles. The highest BCUT2D eigenvalue weighted by Crippen LogP contribution is 2.30. The Bertz CT molecular complexity index is 905. The number of aromatic nitrogens is 1. The number of fused-ring (bicyclic) bond motifs is 1. The summed E-state index contributed by atoms with van der Waals surface area (Å²) < 4.78 is 29.1. The van der Waals surface area contributed by atoms with E-state index in [0.29, 0.717) is 12.1 Å². The summed E-state index contributed by atoms with van der Waals surface area (Å²) in [7, 11) is -3.37. The Kier molecular flexibility index (Phi) is 4.89. The number of anilines is 1. The number of benzene rings is 2. The van der Waals surface area contributed by atoms with Gasteiger partial charge in [-0.25, -0.2) is 13.4 Å². The van der Waals surface area contributed by atoms with E-state index in [1.54, 1.807) is 29.2 Å². The second kappa shape index (κ2) is 6.90. The maximum atomic E-state index is 12.2. The second-order valence-corrected chi connectivity index (χ2v) is 8.95. The first-order valence-electron chi connectivity index (χ1n) is 7.05. The lowest BCUT2D eigenvalue weighted by Crippen LogP contribution is -2.18. The number of thioether (sulfide) groups is 1. The minimum absolute atomic E-state index is 0.0633. The zero-order chi connectivity index (χ0) is 16.3. The molecule has 0 spiro atoms. The fraction of sp³-hybridized carbons (Fsp3) is 0.188.